The van der Waals surface area contributed by atoms with Gasteiger partial charge in [0, 0.05) is 19.3 Å². The highest BCUT2D eigenvalue weighted by atomic mass is 16.2. The van der Waals surface area contributed by atoms with E-state index in [-0.39, 0.29) is 0 Å². The lowest BCUT2D eigenvalue weighted by Gasteiger charge is -2.06. The molecule has 1 aromatic rings. The molecule has 0 aliphatic carbocycles. The van der Waals surface area contributed by atoms with Gasteiger partial charge in [-0.2, -0.15) is 5.26 Å². The Bertz CT molecular complexity index is 384. The Labute approximate surface area is 87.1 Å². The molecule has 2 amide bonds. The van der Waals surface area contributed by atoms with Gasteiger partial charge in [0.1, 0.15) is 11.9 Å². The average Bonchev–Trinajstić information content (AvgIpc) is 2.24. The highest BCUT2D eigenvalue weighted by Gasteiger charge is 2.00. The Hall–Kier alpha value is -2.29. The first-order chi connectivity index (χ1) is 7.24. The van der Waals surface area contributed by atoms with Gasteiger partial charge in [-0.1, -0.05) is 0 Å². The number of rotatable bonds is 4. The van der Waals surface area contributed by atoms with Crippen LogP contribution in [0.15, 0.2) is 18.3 Å². The van der Waals surface area contributed by atoms with Crippen molar-refractivity contribution in [2.45, 2.75) is 0 Å². The number of nitrogens with zero attached hydrogens (tertiary/aromatic N) is 2. The Morgan fingerprint density at radius 3 is 3.07 bits per heavy atom. The largest absolute Gasteiger partial charge is 0.367 e. The summed E-state index contributed by atoms with van der Waals surface area (Å²) in [4.78, 5) is 14.3. The first-order valence-electron chi connectivity index (χ1n) is 4.36. The monoisotopic (exact) mass is 205 g/mol. The summed E-state index contributed by atoms with van der Waals surface area (Å²) < 4.78 is 0. The molecule has 0 aliphatic rings. The SMILES string of the molecule is N#Cc1cccnc1NCCNC(N)=O. The van der Waals surface area contributed by atoms with Crippen LogP contribution < -0.4 is 16.4 Å². The molecule has 0 bridgehead atoms. The topological polar surface area (TPSA) is 104 Å². The fourth-order valence-electron chi connectivity index (χ4n) is 1.00. The maximum Gasteiger partial charge on any atom is 0.312 e. The van der Waals surface area contributed by atoms with Crippen molar-refractivity contribution in [1.29, 1.82) is 5.26 Å². The van der Waals surface area contributed by atoms with Gasteiger partial charge in [0.15, 0.2) is 0 Å². The van der Waals surface area contributed by atoms with E-state index in [1.54, 1.807) is 18.3 Å². The fraction of sp³-hybridized carbons (Fsp3) is 0.222. The summed E-state index contributed by atoms with van der Waals surface area (Å²) >= 11 is 0. The summed E-state index contributed by atoms with van der Waals surface area (Å²) in [5.41, 5.74) is 5.35. The van der Waals surface area contributed by atoms with Crippen LogP contribution >= 0.6 is 0 Å². The Morgan fingerprint density at radius 1 is 1.60 bits per heavy atom. The standard InChI is InChI=1S/C9H11N5O/c10-6-7-2-1-3-12-8(7)13-4-5-14-9(11)15/h1-3H,4-5H2,(H,12,13)(H3,11,14,15). The van der Waals surface area contributed by atoms with E-state index in [0.29, 0.717) is 24.5 Å². The van der Waals surface area contributed by atoms with Gasteiger partial charge in [-0.3, -0.25) is 0 Å². The number of hydrogen-bond acceptors (Lipinski definition) is 4. The second-order valence-corrected chi connectivity index (χ2v) is 2.73. The normalized spacial score (nSPS) is 9.00. The van der Waals surface area contributed by atoms with Crippen LogP contribution in [0.2, 0.25) is 0 Å². The van der Waals surface area contributed by atoms with E-state index in [1.807, 2.05) is 6.07 Å². The van der Waals surface area contributed by atoms with Crippen LogP contribution in [0.25, 0.3) is 0 Å². The van der Waals surface area contributed by atoms with Crippen molar-refractivity contribution in [3.05, 3.63) is 23.9 Å². The number of amides is 2. The van der Waals surface area contributed by atoms with E-state index >= 15 is 0 Å². The molecule has 0 atom stereocenters. The van der Waals surface area contributed by atoms with Crippen LogP contribution in [0, 0.1) is 11.3 Å². The molecule has 78 valence electrons. The number of nitrogens with two attached hydrogens (primary N) is 1. The minimum absolute atomic E-state index is 0.386. The van der Waals surface area contributed by atoms with Gasteiger partial charge in [-0.05, 0) is 12.1 Å². The van der Waals surface area contributed by atoms with E-state index in [4.69, 9.17) is 11.0 Å². The smallest absolute Gasteiger partial charge is 0.312 e. The molecular weight excluding hydrogens is 194 g/mol. The number of carbonyl (C=O) groups excluding carboxylic acids is 1. The molecule has 0 saturated heterocycles. The molecule has 0 aromatic carbocycles. The first-order valence-corrected chi connectivity index (χ1v) is 4.36. The van der Waals surface area contributed by atoms with Crippen LogP contribution in [0.4, 0.5) is 10.6 Å². The average molecular weight is 205 g/mol. The van der Waals surface area contributed by atoms with Gasteiger partial charge < -0.3 is 16.4 Å². The third kappa shape index (κ3) is 3.52. The molecule has 1 heterocycles. The van der Waals surface area contributed by atoms with E-state index in [1.165, 1.54) is 0 Å². The second-order valence-electron chi connectivity index (χ2n) is 2.73. The molecule has 4 N–H and O–H groups in total. The van der Waals surface area contributed by atoms with Crippen molar-refractivity contribution in [3.63, 3.8) is 0 Å². The van der Waals surface area contributed by atoms with Gasteiger partial charge >= 0.3 is 6.03 Å². The zero-order valence-electron chi connectivity index (χ0n) is 8.03. The first kappa shape index (κ1) is 10.8. The number of hydrogen-bond donors (Lipinski definition) is 3. The molecule has 0 spiro atoms. The lowest BCUT2D eigenvalue weighted by Crippen LogP contribution is -2.33. The maximum atomic E-state index is 10.3. The molecule has 0 aliphatic heterocycles. The minimum Gasteiger partial charge on any atom is -0.367 e. The van der Waals surface area contributed by atoms with E-state index in [0.717, 1.165) is 0 Å². The Kier molecular flexibility index (Phi) is 3.91. The number of pyridine rings is 1. The van der Waals surface area contributed by atoms with Crippen molar-refractivity contribution in [3.8, 4) is 6.07 Å². The molecule has 0 saturated carbocycles. The summed E-state index contributed by atoms with van der Waals surface area (Å²) in [5, 5.41) is 14.1. The number of primary amides is 1. The van der Waals surface area contributed by atoms with E-state index < -0.39 is 6.03 Å². The van der Waals surface area contributed by atoms with Crippen LogP contribution in [0.5, 0.6) is 0 Å². The van der Waals surface area contributed by atoms with E-state index in [2.05, 4.69) is 15.6 Å². The van der Waals surface area contributed by atoms with Crippen LogP contribution in [0.3, 0.4) is 0 Å². The van der Waals surface area contributed by atoms with Gasteiger partial charge in [0.05, 0.1) is 5.56 Å². The van der Waals surface area contributed by atoms with Crippen molar-refractivity contribution < 1.29 is 4.79 Å². The summed E-state index contributed by atoms with van der Waals surface area (Å²) in [7, 11) is 0. The molecule has 6 nitrogen and oxygen atoms in total. The van der Waals surface area contributed by atoms with Gasteiger partial charge in [0.2, 0.25) is 0 Å². The zero-order valence-corrected chi connectivity index (χ0v) is 8.03. The molecule has 0 fully saturated rings. The lowest BCUT2D eigenvalue weighted by molar-refractivity contribution is 0.249. The van der Waals surface area contributed by atoms with Crippen molar-refractivity contribution in [1.82, 2.24) is 10.3 Å². The van der Waals surface area contributed by atoms with E-state index in [9.17, 15) is 4.79 Å². The zero-order chi connectivity index (χ0) is 11.1. The highest BCUT2D eigenvalue weighted by Crippen LogP contribution is 2.08. The lowest BCUT2D eigenvalue weighted by atomic mass is 10.3. The van der Waals surface area contributed by atoms with Crippen LogP contribution in [-0.2, 0) is 0 Å². The van der Waals surface area contributed by atoms with Crippen LogP contribution in [0.1, 0.15) is 5.56 Å². The van der Waals surface area contributed by atoms with Gasteiger partial charge in [0.25, 0.3) is 0 Å². The third-order valence-electron chi connectivity index (χ3n) is 1.64. The van der Waals surface area contributed by atoms with Gasteiger partial charge in [-0.25, -0.2) is 9.78 Å². The molecule has 0 radical (unpaired) electrons. The predicted octanol–water partition coefficient (Wildman–Crippen LogP) is 0.0335. The minimum atomic E-state index is -0.571. The molecule has 1 aromatic heterocycles. The maximum absolute atomic E-state index is 10.3. The number of urea groups is 1. The highest BCUT2D eigenvalue weighted by molar-refractivity contribution is 5.71. The molecular formula is C9H11N5O. The molecule has 1 rings (SSSR count). The molecule has 15 heavy (non-hydrogen) atoms. The summed E-state index contributed by atoms with van der Waals surface area (Å²) in [6.07, 6.45) is 1.59. The Morgan fingerprint density at radius 2 is 2.40 bits per heavy atom. The van der Waals surface area contributed by atoms with Crippen molar-refractivity contribution in [2.24, 2.45) is 5.73 Å². The van der Waals surface area contributed by atoms with Crippen molar-refractivity contribution in [2.75, 3.05) is 18.4 Å². The number of nitrogens with one attached hydrogen (secondary N) is 2. The fourth-order valence-corrected chi connectivity index (χ4v) is 1.00. The summed E-state index contributed by atoms with van der Waals surface area (Å²) in [5.74, 6) is 0.506. The predicted molar refractivity (Wildman–Crippen MR) is 55.0 cm³/mol. The third-order valence-corrected chi connectivity index (χ3v) is 1.64. The van der Waals surface area contributed by atoms with Crippen LogP contribution in [-0.4, -0.2) is 24.1 Å². The summed E-state index contributed by atoms with van der Waals surface area (Å²) in [6, 6.07) is 4.79. The molecule has 6 heteroatoms. The quantitative estimate of drug-likeness (QED) is 0.603. The van der Waals surface area contributed by atoms with Gasteiger partial charge in [-0.15, -0.1) is 0 Å². The Balaban J connectivity index is 2.44. The number of anilines is 1. The number of aromatic nitrogens is 1. The molecule has 0 unspecified atom stereocenters. The number of carbonyl (C=O) groups is 1. The summed E-state index contributed by atoms with van der Waals surface area (Å²) in [6.45, 7) is 0.853. The van der Waals surface area contributed by atoms with Crippen molar-refractivity contribution >= 4 is 11.8 Å². The number of nitriles is 1. The second kappa shape index (κ2) is 5.44.